The standard InChI is InChI=1S/C14H14BrFO/c15-8-5-6-12(16)11(7-8)14(17)13-9-3-1-2-4-10(9)13/h5-7,9-10,13H,1-4H2. The third kappa shape index (κ3) is 1.95. The second kappa shape index (κ2) is 4.20. The summed E-state index contributed by atoms with van der Waals surface area (Å²) in [5, 5.41) is 0. The van der Waals surface area contributed by atoms with Crippen molar-refractivity contribution in [1.82, 2.24) is 0 Å². The SMILES string of the molecule is O=C(c1cc(Br)ccc1F)C1C2CCCCC21. The van der Waals surface area contributed by atoms with Gasteiger partial charge in [-0.1, -0.05) is 28.8 Å². The number of carbonyl (C=O) groups is 1. The number of halogens is 2. The quantitative estimate of drug-likeness (QED) is 0.747. The van der Waals surface area contributed by atoms with E-state index in [9.17, 15) is 9.18 Å². The van der Waals surface area contributed by atoms with E-state index in [1.165, 1.54) is 18.9 Å². The van der Waals surface area contributed by atoms with E-state index in [0.717, 1.165) is 17.3 Å². The lowest BCUT2D eigenvalue weighted by atomic mass is 10.0. The molecule has 3 heteroatoms. The molecule has 0 heterocycles. The summed E-state index contributed by atoms with van der Waals surface area (Å²) >= 11 is 3.29. The van der Waals surface area contributed by atoms with Crippen molar-refractivity contribution in [2.24, 2.45) is 17.8 Å². The summed E-state index contributed by atoms with van der Waals surface area (Å²) in [6.07, 6.45) is 4.76. The molecule has 2 saturated carbocycles. The fraction of sp³-hybridized carbons (Fsp3) is 0.500. The van der Waals surface area contributed by atoms with Crippen molar-refractivity contribution in [1.29, 1.82) is 0 Å². The van der Waals surface area contributed by atoms with Crippen LogP contribution in [-0.2, 0) is 0 Å². The maximum Gasteiger partial charge on any atom is 0.169 e. The van der Waals surface area contributed by atoms with E-state index in [2.05, 4.69) is 15.9 Å². The minimum Gasteiger partial charge on any atom is -0.294 e. The monoisotopic (exact) mass is 296 g/mol. The molecule has 17 heavy (non-hydrogen) atoms. The molecule has 0 saturated heterocycles. The van der Waals surface area contributed by atoms with Crippen LogP contribution in [0.1, 0.15) is 36.0 Å². The van der Waals surface area contributed by atoms with Gasteiger partial charge in [-0.25, -0.2) is 4.39 Å². The summed E-state index contributed by atoms with van der Waals surface area (Å²) in [5.41, 5.74) is 0.263. The Morgan fingerprint density at radius 1 is 1.24 bits per heavy atom. The number of carbonyl (C=O) groups excluding carboxylic acids is 1. The first-order chi connectivity index (χ1) is 8.18. The molecule has 1 nitrogen and oxygen atoms in total. The van der Waals surface area contributed by atoms with Gasteiger partial charge in [-0.3, -0.25) is 4.79 Å². The van der Waals surface area contributed by atoms with Gasteiger partial charge in [0.1, 0.15) is 5.82 Å². The topological polar surface area (TPSA) is 17.1 Å². The molecule has 2 aliphatic carbocycles. The van der Waals surface area contributed by atoms with Gasteiger partial charge in [0, 0.05) is 10.4 Å². The highest BCUT2D eigenvalue weighted by atomic mass is 79.9. The molecule has 0 aliphatic heterocycles. The molecule has 2 fully saturated rings. The number of benzene rings is 1. The minimum atomic E-state index is -0.387. The summed E-state index contributed by atoms with van der Waals surface area (Å²) in [4.78, 5) is 12.3. The van der Waals surface area contributed by atoms with Crippen molar-refractivity contribution in [3.05, 3.63) is 34.1 Å². The average molecular weight is 297 g/mol. The normalized spacial score (nSPS) is 30.8. The van der Waals surface area contributed by atoms with Gasteiger partial charge in [0.25, 0.3) is 0 Å². The predicted octanol–water partition coefficient (Wildman–Crippen LogP) is 4.21. The van der Waals surface area contributed by atoms with Crippen LogP contribution in [0.3, 0.4) is 0 Å². The maximum atomic E-state index is 13.6. The Bertz CT molecular complexity index is 459. The van der Waals surface area contributed by atoms with Crippen LogP contribution in [0.2, 0.25) is 0 Å². The molecule has 0 amide bonds. The highest BCUT2D eigenvalue weighted by Crippen LogP contribution is 2.56. The van der Waals surface area contributed by atoms with Gasteiger partial charge >= 0.3 is 0 Å². The molecule has 90 valence electrons. The van der Waals surface area contributed by atoms with E-state index in [1.54, 1.807) is 12.1 Å². The van der Waals surface area contributed by atoms with Crippen LogP contribution in [0.25, 0.3) is 0 Å². The fourth-order valence-corrected chi connectivity index (χ4v) is 3.61. The Balaban J connectivity index is 1.85. The Morgan fingerprint density at radius 3 is 2.53 bits per heavy atom. The average Bonchev–Trinajstić information content (AvgIpc) is 3.05. The van der Waals surface area contributed by atoms with Crippen LogP contribution in [0.5, 0.6) is 0 Å². The first-order valence-corrected chi connectivity index (χ1v) is 6.97. The summed E-state index contributed by atoms with van der Waals surface area (Å²) < 4.78 is 14.4. The highest BCUT2D eigenvalue weighted by Gasteiger charge is 2.54. The molecule has 2 unspecified atom stereocenters. The van der Waals surface area contributed by atoms with Crippen LogP contribution >= 0.6 is 15.9 Å². The molecule has 2 atom stereocenters. The van der Waals surface area contributed by atoms with Crippen molar-refractivity contribution in [2.45, 2.75) is 25.7 Å². The van der Waals surface area contributed by atoms with Gasteiger partial charge in [-0.2, -0.15) is 0 Å². The van der Waals surface area contributed by atoms with E-state index in [1.807, 2.05) is 0 Å². The summed E-state index contributed by atoms with van der Waals surface area (Å²) in [6.45, 7) is 0. The van der Waals surface area contributed by atoms with E-state index in [0.29, 0.717) is 11.8 Å². The van der Waals surface area contributed by atoms with Gasteiger partial charge in [0.15, 0.2) is 5.78 Å². The zero-order valence-electron chi connectivity index (χ0n) is 9.46. The highest BCUT2D eigenvalue weighted by molar-refractivity contribution is 9.10. The maximum absolute atomic E-state index is 13.6. The lowest BCUT2D eigenvalue weighted by Crippen LogP contribution is -2.07. The van der Waals surface area contributed by atoms with Crippen LogP contribution in [0, 0.1) is 23.6 Å². The first-order valence-electron chi connectivity index (χ1n) is 6.18. The fourth-order valence-electron chi connectivity index (χ4n) is 3.25. The molecule has 0 aromatic heterocycles. The number of hydrogen-bond donors (Lipinski definition) is 0. The van der Waals surface area contributed by atoms with Gasteiger partial charge in [0.2, 0.25) is 0 Å². The third-order valence-electron chi connectivity index (χ3n) is 4.15. The minimum absolute atomic E-state index is 0.0145. The lowest BCUT2D eigenvalue weighted by Gasteiger charge is -2.04. The molecule has 1 aromatic carbocycles. The molecule has 0 spiro atoms. The molecular formula is C14H14BrFO. The molecular weight excluding hydrogens is 283 g/mol. The smallest absolute Gasteiger partial charge is 0.169 e. The number of Topliss-reactive ketones (excluding diaryl/α,β-unsaturated/α-hetero) is 1. The Kier molecular flexibility index (Phi) is 2.81. The van der Waals surface area contributed by atoms with Gasteiger partial charge < -0.3 is 0 Å². The van der Waals surface area contributed by atoms with Crippen LogP contribution in [0.15, 0.2) is 22.7 Å². The van der Waals surface area contributed by atoms with Crippen molar-refractivity contribution in [3.63, 3.8) is 0 Å². The van der Waals surface area contributed by atoms with E-state index in [-0.39, 0.29) is 23.1 Å². The molecule has 1 aromatic rings. The zero-order valence-corrected chi connectivity index (χ0v) is 11.0. The predicted molar refractivity (Wildman–Crippen MR) is 67.4 cm³/mol. The Morgan fingerprint density at radius 2 is 1.88 bits per heavy atom. The number of fused-ring (bicyclic) bond motifs is 1. The van der Waals surface area contributed by atoms with Crippen LogP contribution in [0.4, 0.5) is 4.39 Å². The molecule has 0 bridgehead atoms. The van der Waals surface area contributed by atoms with Gasteiger partial charge in [0.05, 0.1) is 5.56 Å². The van der Waals surface area contributed by atoms with Crippen molar-refractivity contribution < 1.29 is 9.18 Å². The Hall–Kier alpha value is -0.700. The second-order valence-electron chi connectivity index (χ2n) is 5.13. The first kappa shape index (κ1) is 11.4. The van der Waals surface area contributed by atoms with Crippen LogP contribution in [-0.4, -0.2) is 5.78 Å². The Labute approximate surface area is 109 Å². The summed E-state index contributed by atoms with van der Waals surface area (Å²) in [5.74, 6) is 0.799. The van der Waals surface area contributed by atoms with Crippen LogP contribution < -0.4 is 0 Å². The number of hydrogen-bond acceptors (Lipinski definition) is 1. The van der Waals surface area contributed by atoms with Crippen molar-refractivity contribution in [3.8, 4) is 0 Å². The third-order valence-corrected chi connectivity index (χ3v) is 4.65. The molecule has 3 rings (SSSR count). The number of ketones is 1. The van der Waals surface area contributed by atoms with Gasteiger partial charge in [-0.05, 0) is 42.9 Å². The lowest BCUT2D eigenvalue weighted by molar-refractivity contribution is 0.0952. The second-order valence-corrected chi connectivity index (χ2v) is 6.04. The van der Waals surface area contributed by atoms with E-state index < -0.39 is 0 Å². The zero-order chi connectivity index (χ0) is 12.0. The van der Waals surface area contributed by atoms with Crippen molar-refractivity contribution >= 4 is 21.7 Å². The van der Waals surface area contributed by atoms with Gasteiger partial charge in [-0.15, -0.1) is 0 Å². The summed E-state index contributed by atoms with van der Waals surface area (Å²) in [6, 6.07) is 4.61. The summed E-state index contributed by atoms with van der Waals surface area (Å²) in [7, 11) is 0. The largest absolute Gasteiger partial charge is 0.294 e. The molecule has 0 radical (unpaired) electrons. The van der Waals surface area contributed by atoms with Crippen molar-refractivity contribution in [2.75, 3.05) is 0 Å². The molecule has 2 aliphatic rings. The van der Waals surface area contributed by atoms with E-state index >= 15 is 0 Å². The number of rotatable bonds is 2. The molecule has 0 N–H and O–H groups in total. The van der Waals surface area contributed by atoms with E-state index in [4.69, 9.17) is 0 Å².